The molecule has 2 amide bonds. The van der Waals surface area contributed by atoms with Gasteiger partial charge in [-0.25, -0.2) is 17.9 Å². The van der Waals surface area contributed by atoms with E-state index in [-0.39, 0.29) is 21.9 Å². The number of carbonyl (C=O) groups is 2. The number of nitrogens with one attached hydrogen (secondary N) is 1. The Hall–Kier alpha value is -2.30. The van der Waals surface area contributed by atoms with E-state index in [0.717, 1.165) is 23.5 Å². The minimum atomic E-state index is -3.80. The normalized spacial score (nSPS) is 11.2. The summed E-state index contributed by atoms with van der Waals surface area (Å²) in [5.41, 5.74) is 4.89. The number of nitrogens with two attached hydrogens (primary N) is 2. The highest BCUT2D eigenvalue weighted by atomic mass is 32.2. The first-order valence-electron chi connectivity index (χ1n) is 6.17. The molecule has 1 aromatic carbocycles. The van der Waals surface area contributed by atoms with Crippen LogP contribution in [0, 0.1) is 5.82 Å². The van der Waals surface area contributed by atoms with Gasteiger partial charge in [0.05, 0.1) is 12.0 Å². The molecule has 2 rings (SSSR count). The molecule has 0 saturated heterocycles. The Labute approximate surface area is 135 Å². The molecule has 10 heteroatoms. The van der Waals surface area contributed by atoms with Crippen LogP contribution in [0.1, 0.15) is 15.2 Å². The molecule has 0 aliphatic heterocycles. The van der Waals surface area contributed by atoms with Crippen LogP contribution in [-0.2, 0) is 21.2 Å². The van der Waals surface area contributed by atoms with E-state index in [4.69, 9.17) is 10.9 Å². The van der Waals surface area contributed by atoms with Crippen molar-refractivity contribution in [3.05, 3.63) is 46.6 Å². The second-order valence-corrected chi connectivity index (χ2v) is 7.51. The topological polar surface area (TPSA) is 132 Å². The minimum absolute atomic E-state index is 0.0434. The zero-order valence-electron chi connectivity index (χ0n) is 11.6. The van der Waals surface area contributed by atoms with Gasteiger partial charge in [-0.1, -0.05) is 0 Å². The number of sulfonamides is 1. The minimum Gasteiger partial charge on any atom is -0.366 e. The van der Waals surface area contributed by atoms with Crippen LogP contribution in [0.15, 0.2) is 34.5 Å². The third-order valence-electron chi connectivity index (χ3n) is 2.77. The van der Waals surface area contributed by atoms with Crippen molar-refractivity contribution in [2.75, 3.05) is 5.32 Å². The Bertz CT molecular complexity index is 877. The van der Waals surface area contributed by atoms with Crippen LogP contribution in [0.4, 0.5) is 10.1 Å². The summed E-state index contributed by atoms with van der Waals surface area (Å²) in [6.07, 6.45) is -0.0938. The number of thiophene rings is 1. The van der Waals surface area contributed by atoms with E-state index >= 15 is 0 Å². The Morgan fingerprint density at radius 3 is 2.48 bits per heavy atom. The van der Waals surface area contributed by atoms with Crippen LogP contribution >= 0.6 is 11.3 Å². The lowest BCUT2D eigenvalue weighted by atomic mass is 10.1. The highest BCUT2D eigenvalue weighted by Crippen LogP contribution is 2.21. The first kappa shape index (κ1) is 17.1. The lowest BCUT2D eigenvalue weighted by Gasteiger charge is -2.06. The summed E-state index contributed by atoms with van der Waals surface area (Å²) in [6.45, 7) is 0. The van der Waals surface area contributed by atoms with Crippen molar-refractivity contribution < 1.29 is 22.4 Å². The van der Waals surface area contributed by atoms with Crippen molar-refractivity contribution in [1.29, 1.82) is 0 Å². The fraction of sp³-hybridized carbons (Fsp3) is 0.0769. The van der Waals surface area contributed by atoms with Gasteiger partial charge in [-0.15, -0.1) is 11.3 Å². The van der Waals surface area contributed by atoms with Crippen LogP contribution in [0.3, 0.4) is 0 Å². The van der Waals surface area contributed by atoms with Gasteiger partial charge in [0.1, 0.15) is 10.0 Å². The number of rotatable bonds is 5. The molecule has 0 fully saturated rings. The van der Waals surface area contributed by atoms with E-state index in [1.54, 1.807) is 0 Å². The van der Waals surface area contributed by atoms with Crippen LogP contribution in [0.2, 0.25) is 0 Å². The zero-order valence-corrected chi connectivity index (χ0v) is 13.2. The number of anilines is 1. The molecule has 1 heterocycles. The summed E-state index contributed by atoms with van der Waals surface area (Å²) in [5, 5.41) is 7.46. The number of halogens is 1. The standard InChI is InChI=1S/C13H12FN3O4S2/c14-10-3-1-7(5-9(10)13(15)19)17-11(18)6-8-2-4-12(22-8)23(16,20)21/h1-5H,6H2,(H2,15,19)(H,17,18)(H2,16,20,21). The molecule has 7 nitrogen and oxygen atoms in total. The summed E-state index contributed by atoms with van der Waals surface area (Å²) in [5.74, 6) is -2.20. The molecular weight excluding hydrogens is 345 g/mol. The second kappa shape index (κ2) is 6.44. The van der Waals surface area contributed by atoms with Crippen LogP contribution in [0.25, 0.3) is 0 Å². The smallest absolute Gasteiger partial charge is 0.251 e. The van der Waals surface area contributed by atoms with E-state index in [1.165, 1.54) is 18.2 Å². The second-order valence-electron chi connectivity index (χ2n) is 4.55. The highest BCUT2D eigenvalue weighted by Gasteiger charge is 2.14. The first-order chi connectivity index (χ1) is 10.7. The van der Waals surface area contributed by atoms with Gasteiger partial charge in [0, 0.05) is 10.6 Å². The predicted molar refractivity (Wildman–Crippen MR) is 82.9 cm³/mol. The van der Waals surface area contributed by atoms with Gasteiger partial charge in [-0.05, 0) is 30.3 Å². The monoisotopic (exact) mass is 357 g/mol. The number of hydrogen-bond donors (Lipinski definition) is 3. The number of primary sulfonamides is 1. The molecule has 122 valence electrons. The van der Waals surface area contributed by atoms with Gasteiger partial charge in [-0.2, -0.15) is 0 Å². The van der Waals surface area contributed by atoms with Crippen molar-refractivity contribution in [2.24, 2.45) is 10.9 Å². The zero-order chi connectivity index (χ0) is 17.2. The van der Waals surface area contributed by atoms with Crippen LogP contribution < -0.4 is 16.2 Å². The number of amides is 2. The maximum atomic E-state index is 13.3. The molecule has 0 unspecified atom stereocenters. The summed E-state index contributed by atoms with van der Waals surface area (Å²) in [6, 6.07) is 6.21. The predicted octanol–water partition coefficient (Wildman–Crippen LogP) is 0.815. The molecule has 1 aromatic heterocycles. The number of carbonyl (C=O) groups excluding carboxylic acids is 2. The highest BCUT2D eigenvalue weighted by molar-refractivity contribution is 7.91. The fourth-order valence-electron chi connectivity index (χ4n) is 1.76. The van der Waals surface area contributed by atoms with Crippen molar-refractivity contribution in [3.8, 4) is 0 Å². The van der Waals surface area contributed by atoms with E-state index in [9.17, 15) is 22.4 Å². The lowest BCUT2D eigenvalue weighted by Crippen LogP contribution is -2.16. The summed E-state index contributed by atoms with van der Waals surface area (Å²) < 4.78 is 35.6. The molecule has 0 saturated carbocycles. The third kappa shape index (κ3) is 4.34. The van der Waals surface area contributed by atoms with Gasteiger partial charge in [0.25, 0.3) is 5.91 Å². The summed E-state index contributed by atoms with van der Waals surface area (Å²) >= 11 is 0.881. The number of primary amides is 1. The van der Waals surface area contributed by atoms with E-state index in [0.29, 0.717) is 4.88 Å². The van der Waals surface area contributed by atoms with Crippen molar-refractivity contribution in [3.63, 3.8) is 0 Å². The lowest BCUT2D eigenvalue weighted by molar-refractivity contribution is -0.115. The maximum absolute atomic E-state index is 13.3. The quantitative estimate of drug-likeness (QED) is 0.730. The first-order valence-corrected chi connectivity index (χ1v) is 8.54. The van der Waals surface area contributed by atoms with Gasteiger partial charge < -0.3 is 11.1 Å². The van der Waals surface area contributed by atoms with Crippen LogP contribution in [0.5, 0.6) is 0 Å². The maximum Gasteiger partial charge on any atom is 0.251 e. The number of benzene rings is 1. The molecule has 23 heavy (non-hydrogen) atoms. The molecule has 5 N–H and O–H groups in total. The van der Waals surface area contributed by atoms with Gasteiger partial charge in [0.15, 0.2) is 0 Å². The molecular formula is C13H12FN3O4S2. The molecule has 2 aromatic rings. The molecule has 0 aliphatic rings. The molecule has 0 spiro atoms. The Morgan fingerprint density at radius 1 is 1.22 bits per heavy atom. The van der Waals surface area contributed by atoms with E-state index < -0.39 is 27.7 Å². The Balaban J connectivity index is 2.10. The van der Waals surface area contributed by atoms with E-state index in [2.05, 4.69) is 5.32 Å². The summed E-state index contributed by atoms with van der Waals surface area (Å²) in [4.78, 5) is 23.5. The fourth-order valence-corrected chi connectivity index (χ4v) is 3.54. The average molecular weight is 357 g/mol. The summed E-state index contributed by atoms with van der Waals surface area (Å²) in [7, 11) is -3.80. The van der Waals surface area contributed by atoms with E-state index in [1.807, 2.05) is 0 Å². The van der Waals surface area contributed by atoms with Gasteiger partial charge >= 0.3 is 0 Å². The molecule has 0 atom stereocenters. The largest absolute Gasteiger partial charge is 0.366 e. The Morgan fingerprint density at radius 2 is 1.91 bits per heavy atom. The van der Waals surface area contributed by atoms with Crippen molar-refractivity contribution in [1.82, 2.24) is 0 Å². The molecule has 0 bridgehead atoms. The van der Waals surface area contributed by atoms with Crippen LogP contribution in [-0.4, -0.2) is 20.2 Å². The molecule has 0 aliphatic carbocycles. The average Bonchev–Trinajstić information content (AvgIpc) is 2.89. The van der Waals surface area contributed by atoms with Gasteiger partial charge in [0.2, 0.25) is 15.9 Å². The third-order valence-corrected chi connectivity index (χ3v) is 5.29. The molecule has 0 radical (unpaired) electrons. The van der Waals surface area contributed by atoms with Crippen molar-refractivity contribution >= 4 is 38.9 Å². The van der Waals surface area contributed by atoms with Crippen molar-refractivity contribution in [2.45, 2.75) is 10.6 Å². The van der Waals surface area contributed by atoms with Gasteiger partial charge in [-0.3, -0.25) is 9.59 Å². The SMILES string of the molecule is NC(=O)c1cc(NC(=O)Cc2ccc(S(N)(=O)=O)s2)ccc1F. The number of hydrogen-bond acceptors (Lipinski definition) is 5. The Kier molecular flexibility index (Phi) is 4.78.